The number of nitrogens with zero attached hydrogens (tertiary/aromatic N) is 4. The van der Waals surface area contributed by atoms with Gasteiger partial charge in [0.1, 0.15) is 0 Å². The fourth-order valence-corrected chi connectivity index (χ4v) is 4.79. The number of thioether (sulfide) groups is 1. The summed E-state index contributed by atoms with van der Waals surface area (Å²) in [6, 6.07) is 9.88. The molecule has 0 radical (unpaired) electrons. The molecule has 3 heterocycles. The van der Waals surface area contributed by atoms with Crippen LogP contribution in [-0.2, 0) is 11.3 Å². The second kappa shape index (κ2) is 9.37. The Morgan fingerprint density at radius 3 is 2.77 bits per heavy atom. The lowest BCUT2D eigenvalue weighted by Gasteiger charge is -2.05. The second-order valence-corrected chi connectivity index (χ2v) is 9.41. The Hall–Kier alpha value is -2.43. The van der Waals surface area contributed by atoms with Crippen LogP contribution in [0.5, 0.6) is 0 Å². The molecule has 1 amide bonds. The molecule has 4 aromatic rings. The molecule has 0 fully saturated rings. The van der Waals surface area contributed by atoms with Crippen LogP contribution in [0.2, 0.25) is 0 Å². The van der Waals surface area contributed by atoms with Gasteiger partial charge in [-0.05, 0) is 66.0 Å². The standard InChI is InChI=1S/C21H20BrN5O2S2/c1-4-27-19(16-7-8-17(22)29-16)25-26-21(27)31-11-18(28)24-20-23-15(10-30-20)14-6-5-12(2)13(3)9-14/h5-10H,4,11H2,1-3H3,(H,23,24,28). The van der Waals surface area contributed by atoms with E-state index < -0.39 is 0 Å². The Bertz CT molecular complexity index is 1230. The third-order valence-corrected chi connectivity index (χ3v) is 6.86. The first-order valence-electron chi connectivity index (χ1n) is 9.59. The molecule has 1 aromatic carbocycles. The molecule has 7 nitrogen and oxygen atoms in total. The van der Waals surface area contributed by atoms with Crippen LogP contribution in [0.25, 0.3) is 22.8 Å². The van der Waals surface area contributed by atoms with Crippen molar-refractivity contribution < 1.29 is 9.21 Å². The zero-order valence-electron chi connectivity index (χ0n) is 17.2. The van der Waals surface area contributed by atoms with E-state index in [0.717, 1.165) is 11.3 Å². The van der Waals surface area contributed by atoms with Gasteiger partial charge in [-0.25, -0.2) is 4.98 Å². The average molecular weight is 518 g/mol. The Balaban J connectivity index is 1.39. The highest BCUT2D eigenvalue weighted by Crippen LogP contribution is 2.28. The van der Waals surface area contributed by atoms with Gasteiger partial charge < -0.3 is 9.73 Å². The summed E-state index contributed by atoms with van der Waals surface area (Å²) in [7, 11) is 0. The number of carbonyl (C=O) groups is 1. The van der Waals surface area contributed by atoms with Crippen molar-refractivity contribution in [1.82, 2.24) is 19.7 Å². The van der Waals surface area contributed by atoms with Crippen molar-refractivity contribution in [2.24, 2.45) is 0 Å². The number of thiazole rings is 1. The van der Waals surface area contributed by atoms with Crippen LogP contribution < -0.4 is 5.32 Å². The Labute approximate surface area is 196 Å². The molecule has 0 spiro atoms. The topological polar surface area (TPSA) is 85.8 Å². The van der Waals surface area contributed by atoms with E-state index in [4.69, 9.17) is 4.42 Å². The maximum atomic E-state index is 12.5. The summed E-state index contributed by atoms with van der Waals surface area (Å²) in [4.78, 5) is 17.0. The molecule has 0 atom stereocenters. The molecule has 0 bridgehead atoms. The number of amides is 1. The lowest BCUT2D eigenvalue weighted by atomic mass is 10.1. The minimum absolute atomic E-state index is 0.140. The summed E-state index contributed by atoms with van der Waals surface area (Å²) in [6.45, 7) is 6.82. The van der Waals surface area contributed by atoms with E-state index in [1.807, 2.05) is 35.1 Å². The second-order valence-electron chi connectivity index (χ2n) is 6.83. The number of hydrogen-bond acceptors (Lipinski definition) is 7. The molecule has 0 saturated heterocycles. The van der Waals surface area contributed by atoms with Crippen molar-refractivity contribution >= 4 is 50.1 Å². The number of halogens is 1. The highest BCUT2D eigenvalue weighted by Gasteiger charge is 2.17. The number of aromatic nitrogens is 4. The van der Waals surface area contributed by atoms with Gasteiger partial charge in [0.05, 0.1) is 11.4 Å². The fraction of sp³-hybridized carbons (Fsp3) is 0.238. The molecule has 0 unspecified atom stereocenters. The summed E-state index contributed by atoms with van der Waals surface area (Å²) in [6.07, 6.45) is 0. The van der Waals surface area contributed by atoms with E-state index in [-0.39, 0.29) is 11.7 Å². The molecule has 0 aliphatic carbocycles. The Kier molecular flexibility index (Phi) is 6.59. The number of carbonyl (C=O) groups excluding carboxylic acids is 1. The number of benzene rings is 1. The summed E-state index contributed by atoms with van der Waals surface area (Å²) >= 11 is 6.04. The number of rotatable bonds is 7. The number of anilines is 1. The van der Waals surface area contributed by atoms with Crippen molar-refractivity contribution in [3.63, 3.8) is 0 Å². The van der Waals surface area contributed by atoms with E-state index >= 15 is 0 Å². The normalized spacial score (nSPS) is 11.1. The first-order chi connectivity index (χ1) is 14.9. The fourth-order valence-electron chi connectivity index (χ4n) is 2.95. The van der Waals surface area contributed by atoms with E-state index in [1.165, 1.54) is 34.2 Å². The van der Waals surface area contributed by atoms with Crippen LogP contribution in [-0.4, -0.2) is 31.4 Å². The van der Waals surface area contributed by atoms with Gasteiger partial charge >= 0.3 is 0 Å². The molecule has 0 saturated carbocycles. The average Bonchev–Trinajstić information content (AvgIpc) is 3.47. The highest BCUT2D eigenvalue weighted by atomic mass is 79.9. The van der Waals surface area contributed by atoms with Gasteiger partial charge in [-0.15, -0.1) is 21.5 Å². The molecule has 1 N–H and O–H groups in total. The minimum atomic E-state index is -0.140. The van der Waals surface area contributed by atoms with Gasteiger partial charge in [-0.1, -0.05) is 23.9 Å². The minimum Gasteiger partial charge on any atom is -0.446 e. The lowest BCUT2D eigenvalue weighted by Crippen LogP contribution is -2.14. The maximum absolute atomic E-state index is 12.5. The van der Waals surface area contributed by atoms with Gasteiger partial charge in [-0.2, -0.15) is 0 Å². The van der Waals surface area contributed by atoms with E-state index in [0.29, 0.717) is 33.1 Å². The molecule has 3 aromatic heterocycles. The van der Waals surface area contributed by atoms with Crippen molar-refractivity contribution in [3.05, 3.63) is 51.5 Å². The summed E-state index contributed by atoms with van der Waals surface area (Å²) < 4.78 is 8.13. The Morgan fingerprint density at radius 1 is 1.23 bits per heavy atom. The van der Waals surface area contributed by atoms with Gasteiger partial charge in [0.2, 0.25) is 11.7 Å². The lowest BCUT2D eigenvalue weighted by molar-refractivity contribution is -0.113. The zero-order chi connectivity index (χ0) is 22.0. The number of nitrogens with one attached hydrogen (secondary N) is 1. The highest BCUT2D eigenvalue weighted by molar-refractivity contribution is 9.10. The van der Waals surface area contributed by atoms with Crippen molar-refractivity contribution in [1.29, 1.82) is 0 Å². The molecular weight excluding hydrogens is 498 g/mol. The Morgan fingerprint density at radius 2 is 2.06 bits per heavy atom. The van der Waals surface area contributed by atoms with Gasteiger partial charge in [-0.3, -0.25) is 9.36 Å². The first-order valence-corrected chi connectivity index (χ1v) is 12.2. The maximum Gasteiger partial charge on any atom is 0.236 e. The predicted molar refractivity (Wildman–Crippen MR) is 127 cm³/mol. The summed E-state index contributed by atoms with van der Waals surface area (Å²) in [5.74, 6) is 1.32. The van der Waals surface area contributed by atoms with Crippen molar-refractivity contribution in [2.45, 2.75) is 32.5 Å². The molecule has 10 heteroatoms. The predicted octanol–water partition coefficient (Wildman–Crippen LogP) is 5.79. The van der Waals surface area contributed by atoms with Crippen LogP contribution in [0.15, 0.2) is 50.0 Å². The quantitative estimate of drug-likeness (QED) is 0.312. The molecule has 0 aliphatic heterocycles. The largest absolute Gasteiger partial charge is 0.446 e. The monoisotopic (exact) mass is 517 g/mol. The summed E-state index contributed by atoms with van der Waals surface area (Å²) in [5, 5.41) is 14.5. The smallest absolute Gasteiger partial charge is 0.236 e. The summed E-state index contributed by atoms with van der Waals surface area (Å²) in [5.41, 5.74) is 4.36. The van der Waals surface area contributed by atoms with Crippen LogP contribution in [0, 0.1) is 13.8 Å². The van der Waals surface area contributed by atoms with Gasteiger partial charge in [0.25, 0.3) is 0 Å². The molecule has 160 valence electrons. The SMILES string of the molecule is CCn1c(SCC(=O)Nc2nc(-c3ccc(C)c(C)c3)cs2)nnc1-c1ccc(Br)o1. The van der Waals surface area contributed by atoms with Crippen molar-refractivity contribution in [3.8, 4) is 22.8 Å². The molecule has 4 rings (SSSR count). The zero-order valence-corrected chi connectivity index (χ0v) is 20.4. The van der Waals surface area contributed by atoms with Crippen LogP contribution in [0.3, 0.4) is 0 Å². The van der Waals surface area contributed by atoms with Crippen LogP contribution in [0.1, 0.15) is 18.1 Å². The van der Waals surface area contributed by atoms with Gasteiger partial charge in [0, 0.05) is 17.5 Å². The number of hydrogen-bond donors (Lipinski definition) is 1. The van der Waals surface area contributed by atoms with E-state index in [2.05, 4.69) is 62.4 Å². The molecule has 0 aliphatic rings. The molecule has 31 heavy (non-hydrogen) atoms. The molecular formula is C21H20BrN5O2S2. The van der Waals surface area contributed by atoms with E-state index in [1.54, 1.807) is 0 Å². The van der Waals surface area contributed by atoms with E-state index in [9.17, 15) is 4.79 Å². The first kappa shape index (κ1) is 21.8. The van der Waals surface area contributed by atoms with Crippen LogP contribution in [0.4, 0.5) is 5.13 Å². The third-order valence-electron chi connectivity index (χ3n) is 4.71. The van der Waals surface area contributed by atoms with Crippen LogP contribution >= 0.6 is 39.0 Å². The third kappa shape index (κ3) is 4.91. The number of aryl methyl sites for hydroxylation is 2. The number of furan rings is 1. The van der Waals surface area contributed by atoms with Gasteiger partial charge in [0.15, 0.2) is 20.7 Å². The van der Waals surface area contributed by atoms with Crippen molar-refractivity contribution in [2.75, 3.05) is 11.1 Å².